The molecular formula is C17H32N2O3S. The minimum Gasteiger partial charge on any atom is -0.414 e. The summed E-state index contributed by atoms with van der Waals surface area (Å²) in [4.78, 5) is 22.8. The molecule has 0 aromatic rings. The zero-order valence-corrected chi connectivity index (χ0v) is 15.3. The third kappa shape index (κ3) is 9.87. The van der Waals surface area contributed by atoms with Crippen LogP contribution in [0.25, 0.3) is 0 Å². The van der Waals surface area contributed by atoms with Gasteiger partial charge in [0.15, 0.2) is 0 Å². The lowest BCUT2D eigenvalue weighted by molar-refractivity contribution is -0.145. The number of cyclic esters (lactones) is 1. The van der Waals surface area contributed by atoms with Crippen LogP contribution in [0.2, 0.25) is 0 Å². The van der Waals surface area contributed by atoms with Crippen LogP contribution < -0.4 is 10.6 Å². The van der Waals surface area contributed by atoms with Gasteiger partial charge in [0.1, 0.15) is 0 Å². The molecule has 0 bridgehead atoms. The fraction of sp³-hybridized carbons (Fsp3) is 0.882. The number of esters is 1. The van der Waals surface area contributed by atoms with E-state index in [0.717, 1.165) is 12.8 Å². The highest BCUT2D eigenvalue weighted by Gasteiger charge is 2.37. The molecule has 1 aliphatic rings. The highest BCUT2D eigenvalue weighted by molar-refractivity contribution is 7.81. The van der Waals surface area contributed by atoms with Gasteiger partial charge in [-0.3, -0.25) is 14.9 Å². The van der Waals surface area contributed by atoms with Crippen LogP contribution in [0.15, 0.2) is 0 Å². The van der Waals surface area contributed by atoms with Crippen molar-refractivity contribution in [3.05, 3.63) is 0 Å². The predicted molar refractivity (Wildman–Crippen MR) is 95.0 cm³/mol. The topological polar surface area (TPSA) is 67.4 Å². The average Bonchev–Trinajstić information content (AvgIpc) is 2.83. The van der Waals surface area contributed by atoms with Gasteiger partial charge in [0, 0.05) is 6.42 Å². The highest BCUT2D eigenvalue weighted by atomic mass is 32.1. The molecule has 0 saturated carbocycles. The number of hydrogen-bond donors (Lipinski definition) is 3. The van der Waals surface area contributed by atoms with E-state index in [9.17, 15) is 9.59 Å². The van der Waals surface area contributed by atoms with Crippen LogP contribution in [0, 0.1) is 0 Å². The summed E-state index contributed by atoms with van der Waals surface area (Å²) < 4.78 is 4.91. The lowest BCUT2D eigenvalue weighted by atomic mass is 10.1. The fourth-order valence-electron chi connectivity index (χ4n) is 2.70. The maximum absolute atomic E-state index is 11.8. The first kappa shape index (κ1) is 20.3. The Morgan fingerprint density at radius 2 is 1.61 bits per heavy atom. The molecule has 1 saturated heterocycles. The lowest BCUT2D eigenvalue weighted by Gasteiger charge is -2.22. The molecule has 1 fully saturated rings. The smallest absolute Gasteiger partial charge is 0.323 e. The fourth-order valence-corrected chi connectivity index (χ4v) is 3.01. The van der Waals surface area contributed by atoms with Crippen molar-refractivity contribution in [2.24, 2.45) is 0 Å². The van der Waals surface area contributed by atoms with E-state index >= 15 is 0 Å². The SMILES string of the molecule is CCCCCCCCCCCCCC(=O)NC1(S)NCC(=O)O1. The van der Waals surface area contributed by atoms with Gasteiger partial charge < -0.3 is 4.74 Å². The first-order valence-electron chi connectivity index (χ1n) is 9.06. The zero-order chi connectivity index (χ0) is 17.0. The van der Waals surface area contributed by atoms with Crippen LogP contribution in [0.5, 0.6) is 0 Å². The Hall–Kier alpha value is -0.750. The summed E-state index contributed by atoms with van der Waals surface area (Å²) >= 11 is 4.13. The largest absolute Gasteiger partial charge is 0.414 e. The molecule has 0 aromatic carbocycles. The molecule has 1 heterocycles. The van der Waals surface area contributed by atoms with Crippen molar-refractivity contribution in [2.45, 2.75) is 89.2 Å². The number of amides is 1. The van der Waals surface area contributed by atoms with Crippen molar-refractivity contribution in [3.63, 3.8) is 0 Å². The molecular weight excluding hydrogens is 312 g/mol. The van der Waals surface area contributed by atoms with Gasteiger partial charge in [-0.05, 0) is 6.42 Å². The minimum absolute atomic E-state index is 0.0717. The summed E-state index contributed by atoms with van der Waals surface area (Å²) in [5, 5.41) is 3.98. The zero-order valence-electron chi connectivity index (χ0n) is 14.4. The van der Waals surface area contributed by atoms with Crippen molar-refractivity contribution in [1.29, 1.82) is 0 Å². The number of thiol groups is 1. The second-order valence-corrected chi connectivity index (χ2v) is 6.94. The summed E-state index contributed by atoms with van der Waals surface area (Å²) in [5.41, 5.74) is 0. The Balaban J connectivity index is 1.89. The van der Waals surface area contributed by atoms with Gasteiger partial charge in [-0.1, -0.05) is 83.8 Å². The first-order valence-corrected chi connectivity index (χ1v) is 9.51. The third-order valence-corrected chi connectivity index (χ3v) is 4.41. The summed E-state index contributed by atoms with van der Waals surface area (Å²) in [6.45, 7) is 2.31. The van der Waals surface area contributed by atoms with Crippen LogP contribution in [0.4, 0.5) is 0 Å². The number of ether oxygens (including phenoxy) is 1. The summed E-state index contributed by atoms with van der Waals surface area (Å²) in [5.74, 6) is -0.548. The normalized spacial score (nSPS) is 20.5. The Morgan fingerprint density at radius 3 is 2.09 bits per heavy atom. The number of carbonyl (C=O) groups excluding carboxylic acids is 2. The van der Waals surface area contributed by atoms with Gasteiger partial charge in [0.25, 0.3) is 5.18 Å². The standard InChI is InChI=1S/C17H32N2O3S/c1-2-3-4-5-6-7-8-9-10-11-12-13-15(20)19-17(23)18-14-16(21)22-17/h18,23H,2-14H2,1H3,(H,19,20). The van der Waals surface area contributed by atoms with E-state index < -0.39 is 11.2 Å². The van der Waals surface area contributed by atoms with E-state index in [1.54, 1.807) is 0 Å². The molecule has 0 aliphatic carbocycles. The Bertz CT molecular complexity index is 366. The van der Waals surface area contributed by atoms with Crippen molar-refractivity contribution < 1.29 is 14.3 Å². The number of rotatable bonds is 13. The first-order chi connectivity index (χ1) is 11.1. The number of nitrogens with one attached hydrogen (secondary N) is 2. The van der Waals surface area contributed by atoms with E-state index in [-0.39, 0.29) is 12.5 Å². The van der Waals surface area contributed by atoms with Crippen LogP contribution in [0.3, 0.4) is 0 Å². The lowest BCUT2D eigenvalue weighted by Crippen LogP contribution is -2.52. The van der Waals surface area contributed by atoms with E-state index in [1.807, 2.05) is 0 Å². The van der Waals surface area contributed by atoms with Crippen molar-refractivity contribution in [1.82, 2.24) is 10.6 Å². The van der Waals surface area contributed by atoms with Crippen molar-refractivity contribution >= 4 is 24.5 Å². The molecule has 1 amide bonds. The Labute approximate surface area is 145 Å². The van der Waals surface area contributed by atoms with Gasteiger partial charge in [-0.15, -0.1) is 0 Å². The third-order valence-electron chi connectivity index (χ3n) is 4.05. The Morgan fingerprint density at radius 1 is 1.09 bits per heavy atom. The number of carbonyl (C=O) groups is 2. The van der Waals surface area contributed by atoms with Crippen LogP contribution in [-0.2, 0) is 14.3 Å². The molecule has 0 spiro atoms. The van der Waals surface area contributed by atoms with Crippen LogP contribution in [0.1, 0.15) is 84.0 Å². The highest BCUT2D eigenvalue weighted by Crippen LogP contribution is 2.15. The molecule has 134 valence electrons. The van der Waals surface area contributed by atoms with Gasteiger partial charge >= 0.3 is 5.97 Å². The van der Waals surface area contributed by atoms with Crippen LogP contribution in [-0.4, -0.2) is 23.6 Å². The average molecular weight is 345 g/mol. The molecule has 1 aliphatic heterocycles. The molecule has 1 atom stereocenters. The number of hydrogen-bond acceptors (Lipinski definition) is 5. The molecule has 5 nitrogen and oxygen atoms in total. The molecule has 23 heavy (non-hydrogen) atoms. The molecule has 1 rings (SSSR count). The quantitative estimate of drug-likeness (QED) is 0.207. The monoisotopic (exact) mass is 344 g/mol. The maximum Gasteiger partial charge on any atom is 0.323 e. The van der Waals surface area contributed by atoms with E-state index in [4.69, 9.17) is 4.74 Å². The van der Waals surface area contributed by atoms with E-state index in [2.05, 4.69) is 30.2 Å². The van der Waals surface area contributed by atoms with Gasteiger partial charge in [-0.2, -0.15) is 0 Å². The van der Waals surface area contributed by atoms with Gasteiger partial charge in [0.2, 0.25) is 5.91 Å². The van der Waals surface area contributed by atoms with Crippen molar-refractivity contribution in [3.8, 4) is 0 Å². The van der Waals surface area contributed by atoms with E-state index in [0.29, 0.717) is 6.42 Å². The van der Waals surface area contributed by atoms with Crippen LogP contribution >= 0.6 is 12.6 Å². The second-order valence-electron chi connectivity index (χ2n) is 6.31. The summed E-state index contributed by atoms with van der Waals surface area (Å²) in [6.07, 6.45) is 14.2. The Kier molecular flexibility index (Phi) is 10.4. The van der Waals surface area contributed by atoms with Gasteiger partial charge in [-0.25, -0.2) is 5.32 Å². The maximum atomic E-state index is 11.8. The minimum atomic E-state index is -1.33. The number of unbranched alkanes of at least 4 members (excludes halogenated alkanes) is 10. The predicted octanol–water partition coefficient (Wildman–Crippen LogP) is 3.49. The summed E-state index contributed by atoms with van der Waals surface area (Å²) in [7, 11) is 0. The molecule has 0 radical (unpaired) electrons. The molecule has 6 heteroatoms. The van der Waals surface area contributed by atoms with Crippen molar-refractivity contribution in [2.75, 3.05) is 6.54 Å². The molecule has 1 unspecified atom stereocenters. The van der Waals surface area contributed by atoms with Gasteiger partial charge in [0.05, 0.1) is 6.54 Å². The summed E-state index contributed by atoms with van der Waals surface area (Å²) in [6, 6.07) is 0. The molecule has 0 aromatic heterocycles. The molecule has 2 N–H and O–H groups in total. The second kappa shape index (κ2) is 11.7. The van der Waals surface area contributed by atoms with E-state index in [1.165, 1.54) is 57.8 Å².